The van der Waals surface area contributed by atoms with Gasteiger partial charge in [0.05, 0.1) is 0 Å². The number of anilines is 10. The predicted octanol–water partition coefficient (Wildman–Crippen LogP) is 15.0. The zero-order valence-corrected chi connectivity index (χ0v) is 32.4. The number of nitrogens with one attached hydrogen (secondary N) is 2. The van der Waals surface area contributed by atoms with Crippen LogP contribution in [-0.2, 0) is 0 Å². The number of hydrogen-bond acceptors (Lipinski definition) is 4. The molecule has 0 atom stereocenters. The molecule has 0 bridgehead atoms. The van der Waals surface area contributed by atoms with E-state index < -0.39 is 0 Å². The quantitative estimate of drug-likeness (QED) is 0.139. The van der Waals surface area contributed by atoms with Gasteiger partial charge in [-0.1, -0.05) is 84.9 Å². The fourth-order valence-corrected chi connectivity index (χ4v) is 7.13. The molecule has 0 amide bonds. The van der Waals surface area contributed by atoms with Gasteiger partial charge in [-0.25, -0.2) is 0 Å². The van der Waals surface area contributed by atoms with E-state index in [9.17, 15) is 0 Å². The molecule has 0 aliphatic rings. The molecule has 0 aromatic heterocycles. The van der Waals surface area contributed by atoms with Crippen molar-refractivity contribution >= 4 is 56.9 Å². The first-order chi connectivity index (χ1) is 27.4. The van der Waals surface area contributed by atoms with E-state index in [0.717, 1.165) is 68.0 Å². The zero-order chi connectivity index (χ0) is 38.4. The Morgan fingerprint density at radius 2 is 0.589 bits per heavy atom. The Morgan fingerprint density at radius 3 is 0.929 bits per heavy atom. The van der Waals surface area contributed by atoms with E-state index in [0.29, 0.717) is 0 Å². The lowest BCUT2D eigenvalue weighted by Crippen LogP contribution is -2.10. The minimum Gasteiger partial charge on any atom is -0.355 e. The molecule has 0 saturated heterocycles. The van der Waals surface area contributed by atoms with E-state index in [1.165, 1.54) is 22.3 Å². The molecule has 8 aromatic rings. The van der Waals surface area contributed by atoms with Crippen LogP contribution in [0.4, 0.5) is 56.9 Å². The first-order valence-corrected chi connectivity index (χ1v) is 19.2. The summed E-state index contributed by atoms with van der Waals surface area (Å²) in [5.74, 6) is 0. The highest BCUT2D eigenvalue weighted by Crippen LogP contribution is 2.39. The van der Waals surface area contributed by atoms with Crippen LogP contribution in [0.25, 0.3) is 11.1 Å². The fourth-order valence-electron chi connectivity index (χ4n) is 7.13. The van der Waals surface area contributed by atoms with E-state index in [-0.39, 0.29) is 0 Å². The predicted molar refractivity (Wildman–Crippen MR) is 240 cm³/mol. The highest BCUT2D eigenvalue weighted by atomic mass is 15.1. The van der Waals surface area contributed by atoms with Crippen LogP contribution in [0, 0.1) is 27.7 Å². The second kappa shape index (κ2) is 16.1. The lowest BCUT2D eigenvalue weighted by atomic mass is 10.0. The molecule has 0 aliphatic heterocycles. The molecule has 0 fully saturated rings. The van der Waals surface area contributed by atoms with Gasteiger partial charge in [0, 0.05) is 56.9 Å². The molecule has 4 heteroatoms. The summed E-state index contributed by atoms with van der Waals surface area (Å²) in [6.45, 7) is 8.61. The van der Waals surface area contributed by atoms with Crippen molar-refractivity contribution in [3.8, 4) is 11.1 Å². The Bertz CT molecular complexity index is 2350. The zero-order valence-electron chi connectivity index (χ0n) is 32.4. The third-order valence-electron chi connectivity index (χ3n) is 10.6. The van der Waals surface area contributed by atoms with Crippen molar-refractivity contribution in [3.63, 3.8) is 0 Å². The summed E-state index contributed by atoms with van der Waals surface area (Å²) in [5.41, 5.74) is 18.4. The topological polar surface area (TPSA) is 30.5 Å². The molecular weight excluding hydrogens is 681 g/mol. The summed E-state index contributed by atoms with van der Waals surface area (Å²) in [7, 11) is 0. The number of benzene rings is 8. The summed E-state index contributed by atoms with van der Waals surface area (Å²) in [6, 6.07) is 68.9. The molecule has 56 heavy (non-hydrogen) atoms. The minimum atomic E-state index is 1.06. The normalized spacial score (nSPS) is 10.9. The molecule has 4 nitrogen and oxygen atoms in total. The largest absolute Gasteiger partial charge is 0.355 e. The van der Waals surface area contributed by atoms with Gasteiger partial charge in [-0.05, 0) is 170 Å². The van der Waals surface area contributed by atoms with E-state index in [2.05, 4.69) is 242 Å². The van der Waals surface area contributed by atoms with Crippen molar-refractivity contribution < 1.29 is 0 Å². The Hall–Kier alpha value is -7.04. The molecule has 0 radical (unpaired) electrons. The molecule has 0 saturated carbocycles. The number of hydrogen-bond donors (Lipinski definition) is 2. The Kier molecular flexibility index (Phi) is 10.4. The molecule has 0 heterocycles. The summed E-state index contributed by atoms with van der Waals surface area (Å²) < 4.78 is 0. The molecule has 0 unspecified atom stereocenters. The van der Waals surface area contributed by atoms with Crippen LogP contribution in [0.3, 0.4) is 0 Å². The maximum atomic E-state index is 3.60. The standard InChI is InChI=1S/C52H46N4/c1-37-13-11-19-51(39(37)3)53-43-25-33-49(34-26-43)55(45-15-7-5-8-16-45)47-29-21-41(22-30-47)42-23-31-48(32-24-42)56(46-17-9-6-10-18-46)50-35-27-44(28-36-50)54-52-20-12-14-38(2)40(52)4/h5-36,53-54H,1-4H3. The smallest absolute Gasteiger partial charge is 0.0463 e. The summed E-state index contributed by atoms with van der Waals surface area (Å²) in [5, 5.41) is 7.21. The Morgan fingerprint density at radius 1 is 0.286 bits per heavy atom. The van der Waals surface area contributed by atoms with Crippen LogP contribution in [-0.4, -0.2) is 0 Å². The Labute approximate surface area is 331 Å². The number of nitrogens with zero attached hydrogens (tertiary/aromatic N) is 2. The van der Waals surface area contributed by atoms with Gasteiger partial charge in [0.25, 0.3) is 0 Å². The third kappa shape index (κ3) is 7.77. The summed E-state index contributed by atoms with van der Waals surface area (Å²) >= 11 is 0. The first-order valence-electron chi connectivity index (χ1n) is 19.2. The molecule has 8 aromatic carbocycles. The van der Waals surface area contributed by atoms with Gasteiger partial charge in [0.1, 0.15) is 0 Å². The average molecular weight is 727 g/mol. The lowest BCUT2D eigenvalue weighted by molar-refractivity contribution is 1.28. The van der Waals surface area contributed by atoms with Crippen molar-refractivity contribution in [3.05, 3.63) is 216 Å². The van der Waals surface area contributed by atoms with Crippen molar-refractivity contribution in [1.29, 1.82) is 0 Å². The SMILES string of the molecule is Cc1cccc(Nc2ccc(N(c3ccccc3)c3ccc(-c4ccc(N(c5ccccc5)c5ccc(Nc6cccc(C)c6C)cc5)cc4)cc3)cc2)c1C. The van der Waals surface area contributed by atoms with Gasteiger partial charge in [0.2, 0.25) is 0 Å². The number of rotatable bonds is 11. The van der Waals surface area contributed by atoms with Crippen LogP contribution < -0.4 is 20.4 Å². The summed E-state index contributed by atoms with van der Waals surface area (Å²) in [4.78, 5) is 4.60. The maximum absolute atomic E-state index is 3.60. The average Bonchev–Trinajstić information content (AvgIpc) is 3.24. The van der Waals surface area contributed by atoms with Gasteiger partial charge in [-0.3, -0.25) is 0 Å². The second-order valence-electron chi connectivity index (χ2n) is 14.3. The highest BCUT2D eigenvalue weighted by Gasteiger charge is 2.15. The summed E-state index contributed by atoms with van der Waals surface area (Å²) in [6.07, 6.45) is 0. The molecule has 8 rings (SSSR count). The molecule has 0 aliphatic carbocycles. The van der Waals surface area contributed by atoms with Gasteiger partial charge in [0.15, 0.2) is 0 Å². The second-order valence-corrected chi connectivity index (χ2v) is 14.3. The molecule has 274 valence electrons. The first kappa shape index (κ1) is 36.0. The van der Waals surface area contributed by atoms with Crippen LogP contribution >= 0.6 is 0 Å². The fraction of sp³-hybridized carbons (Fsp3) is 0.0769. The van der Waals surface area contributed by atoms with Crippen LogP contribution in [0.2, 0.25) is 0 Å². The van der Waals surface area contributed by atoms with E-state index in [1.807, 2.05) is 0 Å². The van der Waals surface area contributed by atoms with E-state index >= 15 is 0 Å². The van der Waals surface area contributed by atoms with Gasteiger partial charge >= 0.3 is 0 Å². The molecular formula is C52H46N4. The number of para-hydroxylation sites is 2. The van der Waals surface area contributed by atoms with Gasteiger partial charge < -0.3 is 20.4 Å². The van der Waals surface area contributed by atoms with Gasteiger partial charge in [-0.2, -0.15) is 0 Å². The highest BCUT2D eigenvalue weighted by molar-refractivity contribution is 5.82. The van der Waals surface area contributed by atoms with Crippen molar-refractivity contribution in [2.24, 2.45) is 0 Å². The van der Waals surface area contributed by atoms with Crippen molar-refractivity contribution in [2.45, 2.75) is 27.7 Å². The van der Waals surface area contributed by atoms with E-state index in [1.54, 1.807) is 0 Å². The van der Waals surface area contributed by atoms with Crippen LogP contribution in [0.5, 0.6) is 0 Å². The minimum absolute atomic E-state index is 1.06. The lowest BCUT2D eigenvalue weighted by Gasteiger charge is -2.26. The van der Waals surface area contributed by atoms with E-state index in [4.69, 9.17) is 0 Å². The van der Waals surface area contributed by atoms with Gasteiger partial charge in [-0.15, -0.1) is 0 Å². The van der Waals surface area contributed by atoms with Crippen LogP contribution in [0.1, 0.15) is 22.3 Å². The third-order valence-corrected chi connectivity index (χ3v) is 10.6. The number of aryl methyl sites for hydroxylation is 2. The molecule has 0 spiro atoms. The Balaban J connectivity index is 1.04. The monoisotopic (exact) mass is 726 g/mol. The molecule has 2 N–H and O–H groups in total. The van der Waals surface area contributed by atoms with Crippen molar-refractivity contribution in [2.75, 3.05) is 20.4 Å². The van der Waals surface area contributed by atoms with Crippen molar-refractivity contribution in [1.82, 2.24) is 0 Å². The maximum Gasteiger partial charge on any atom is 0.0463 e. The van der Waals surface area contributed by atoms with Crippen LogP contribution in [0.15, 0.2) is 194 Å².